The van der Waals surface area contributed by atoms with Crippen LogP contribution in [0.4, 0.5) is 0 Å². The van der Waals surface area contributed by atoms with Gasteiger partial charge in [-0.05, 0) is 75.9 Å². The smallest absolute Gasteiger partial charge is 0.262 e. The molecule has 0 saturated carbocycles. The number of unbranched alkanes of at least 4 members (excludes halogenated alkanes) is 3. The molecule has 7 heteroatoms. The molecule has 3 rings (SSSR count). The molecule has 3 aromatic rings. The largest absolute Gasteiger partial charge is 0.508 e. The molecule has 0 saturated heterocycles. The zero-order chi connectivity index (χ0) is 29.4. The van der Waals surface area contributed by atoms with Gasteiger partial charge in [0.2, 0.25) is 5.91 Å². The standard InChI is InChI=1S/C33H45N3O4/c1-7-11-13-21-33(34-24(6)37,32(40)35(9-3)10-4)30-23(5)36(29-20-19-27(38)22-28(29)30)31(39)26-17-15-25(16-18-26)14-12-8-2/h15-20,22,38H,7-14,21H2,1-6H3,(H,34,37). The molecule has 2 N–H and O–H groups in total. The van der Waals surface area contributed by atoms with Crippen LogP contribution in [0.2, 0.25) is 0 Å². The third-order valence-corrected chi connectivity index (χ3v) is 7.80. The molecule has 1 atom stereocenters. The minimum atomic E-state index is -1.39. The van der Waals surface area contributed by atoms with Crippen molar-refractivity contribution in [1.29, 1.82) is 0 Å². The van der Waals surface area contributed by atoms with Gasteiger partial charge in [0.15, 0.2) is 0 Å². The lowest BCUT2D eigenvalue weighted by Crippen LogP contribution is -2.57. The Morgan fingerprint density at radius 1 is 0.925 bits per heavy atom. The number of benzene rings is 2. The molecule has 40 heavy (non-hydrogen) atoms. The van der Waals surface area contributed by atoms with Crippen molar-refractivity contribution in [1.82, 2.24) is 14.8 Å². The van der Waals surface area contributed by atoms with Crippen molar-refractivity contribution < 1.29 is 19.5 Å². The van der Waals surface area contributed by atoms with Crippen molar-refractivity contribution in [2.24, 2.45) is 0 Å². The van der Waals surface area contributed by atoms with Gasteiger partial charge in [-0.3, -0.25) is 19.0 Å². The Hall–Kier alpha value is -3.61. The number of aryl methyl sites for hydroxylation is 1. The van der Waals surface area contributed by atoms with Gasteiger partial charge in [-0.1, -0.05) is 51.7 Å². The maximum absolute atomic E-state index is 14.4. The number of nitrogens with one attached hydrogen (secondary N) is 1. The molecular formula is C33H45N3O4. The summed E-state index contributed by atoms with van der Waals surface area (Å²) in [5.41, 5.74) is 2.05. The van der Waals surface area contributed by atoms with E-state index in [0.717, 1.165) is 32.1 Å². The second-order valence-electron chi connectivity index (χ2n) is 10.6. The Morgan fingerprint density at radius 3 is 2.15 bits per heavy atom. The van der Waals surface area contributed by atoms with Crippen LogP contribution in [0.5, 0.6) is 5.75 Å². The third kappa shape index (κ3) is 6.24. The van der Waals surface area contributed by atoms with Gasteiger partial charge in [-0.2, -0.15) is 0 Å². The van der Waals surface area contributed by atoms with Gasteiger partial charge in [0.05, 0.1) is 5.52 Å². The molecule has 0 aliphatic carbocycles. The fourth-order valence-electron chi connectivity index (χ4n) is 5.77. The van der Waals surface area contributed by atoms with E-state index in [9.17, 15) is 19.5 Å². The van der Waals surface area contributed by atoms with E-state index in [1.54, 1.807) is 27.7 Å². The van der Waals surface area contributed by atoms with Gasteiger partial charge < -0.3 is 15.3 Å². The maximum Gasteiger partial charge on any atom is 0.262 e. The van der Waals surface area contributed by atoms with Crippen LogP contribution in [0, 0.1) is 6.92 Å². The fourth-order valence-corrected chi connectivity index (χ4v) is 5.77. The van der Waals surface area contributed by atoms with E-state index < -0.39 is 5.54 Å². The van der Waals surface area contributed by atoms with Gasteiger partial charge in [-0.15, -0.1) is 0 Å². The number of rotatable bonds is 13. The second kappa shape index (κ2) is 13.6. The van der Waals surface area contributed by atoms with Crippen molar-refractivity contribution in [3.63, 3.8) is 0 Å². The predicted molar refractivity (Wildman–Crippen MR) is 161 cm³/mol. The predicted octanol–water partition coefficient (Wildman–Crippen LogP) is 6.47. The fraction of sp³-hybridized carbons (Fsp3) is 0.485. The first kappa shape index (κ1) is 30.9. The van der Waals surface area contributed by atoms with Crippen molar-refractivity contribution in [2.45, 2.75) is 92.0 Å². The number of carbonyl (C=O) groups is 3. The first-order valence-corrected chi connectivity index (χ1v) is 14.7. The molecular weight excluding hydrogens is 502 g/mol. The minimum absolute atomic E-state index is 0.0270. The zero-order valence-corrected chi connectivity index (χ0v) is 25.0. The highest BCUT2D eigenvalue weighted by molar-refractivity contribution is 6.07. The molecule has 7 nitrogen and oxygen atoms in total. The molecule has 0 fully saturated rings. The molecule has 0 bridgehead atoms. The van der Waals surface area contributed by atoms with E-state index in [2.05, 4.69) is 19.2 Å². The number of carbonyl (C=O) groups excluding carboxylic acids is 3. The van der Waals surface area contributed by atoms with Gasteiger partial charge in [0.25, 0.3) is 11.8 Å². The van der Waals surface area contributed by atoms with E-state index in [0.29, 0.717) is 53.7 Å². The number of nitrogens with zero attached hydrogens (tertiary/aromatic N) is 2. The number of aromatic nitrogens is 1. The lowest BCUT2D eigenvalue weighted by molar-refractivity contribution is -0.142. The summed E-state index contributed by atoms with van der Waals surface area (Å²) in [6, 6.07) is 12.5. The van der Waals surface area contributed by atoms with E-state index in [-0.39, 0.29) is 23.5 Å². The van der Waals surface area contributed by atoms with Crippen LogP contribution in [0.25, 0.3) is 10.9 Å². The Balaban J connectivity index is 2.32. The first-order valence-electron chi connectivity index (χ1n) is 14.7. The summed E-state index contributed by atoms with van der Waals surface area (Å²) in [6.07, 6.45) is 6.08. The summed E-state index contributed by atoms with van der Waals surface area (Å²) in [5.74, 6) is -0.727. The van der Waals surface area contributed by atoms with Gasteiger partial charge in [0, 0.05) is 42.2 Å². The molecule has 0 aliphatic heterocycles. The second-order valence-corrected chi connectivity index (χ2v) is 10.6. The Kier molecular flexibility index (Phi) is 10.5. The molecule has 1 aromatic heterocycles. The van der Waals surface area contributed by atoms with Crippen molar-refractivity contribution in [3.8, 4) is 5.75 Å². The van der Waals surface area contributed by atoms with Crippen LogP contribution in [0.15, 0.2) is 42.5 Å². The monoisotopic (exact) mass is 547 g/mol. The molecule has 0 radical (unpaired) electrons. The molecule has 0 spiro atoms. The molecule has 0 aliphatic rings. The molecule has 2 aromatic carbocycles. The zero-order valence-electron chi connectivity index (χ0n) is 25.0. The summed E-state index contributed by atoms with van der Waals surface area (Å²) in [7, 11) is 0. The van der Waals surface area contributed by atoms with Crippen molar-refractivity contribution >= 4 is 28.6 Å². The minimum Gasteiger partial charge on any atom is -0.508 e. The lowest BCUT2D eigenvalue weighted by Gasteiger charge is -2.38. The highest BCUT2D eigenvalue weighted by Crippen LogP contribution is 2.41. The quantitative estimate of drug-likeness (QED) is 0.240. The average molecular weight is 548 g/mol. The normalized spacial score (nSPS) is 12.8. The van der Waals surface area contributed by atoms with Crippen LogP contribution in [0.3, 0.4) is 0 Å². The van der Waals surface area contributed by atoms with E-state index in [1.165, 1.54) is 12.5 Å². The SMILES string of the molecule is CCCCCC(NC(C)=O)(C(=O)N(CC)CC)c1c(C)n(C(=O)c2ccc(CCCC)cc2)c2ccc(O)cc12. The van der Waals surface area contributed by atoms with Crippen LogP contribution in [-0.2, 0) is 21.5 Å². The Labute approximate surface area is 238 Å². The number of amides is 2. The van der Waals surface area contributed by atoms with E-state index in [1.807, 2.05) is 45.0 Å². The summed E-state index contributed by atoms with van der Waals surface area (Å²) >= 11 is 0. The third-order valence-electron chi connectivity index (χ3n) is 7.80. The number of aromatic hydroxyl groups is 1. The van der Waals surface area contributed by atoms with E-state index >= 15 is 0 Å². The number of hydrogen-bond donors (Lipinski definition) is 2. The highest BCUT2D eigenvalue weighted by atomic mass is 16.3. The van der Waals surface area contributed by atoms with Crippen LogP contribution in [0.1, 0.15) is 100 Å². The highest BCUT2D eigenvalue weighted by Gasteiger charge is 2.46. The van der Waals surface area contributed by atoms with Crippen LogP contribution >= 0.6 is 0 Å². The van der Waals surface area contributed by atoms with Crippen molar-refractivity contribution in [2.75, 3.05) is 13.1 Å². The van der Waals surface area contributed by atoms with Crippen molar-refractivity contribution in [3.05, 3.63) is 64.8 Å². The number of phenols is 1. The van der Waals surface area contributed by atoms with Crippen LogP contribution < -0.4 is 5.32 Å². The summed E-state index contributed by atoms with van der Waals surface area (Å²) in [4.78, 5) is 42.9. The number of fused-ring (bicyclic) bond motifs is 1. The molecule has 216 valence electrons. The molecule has 1 unspecified atom stereocenters. The number of hydrogen-bond acceptors (Lipinski definition) is 4. The van der Waals surface area contributed by atoms with Gasteiger partial charge >= 0.3 is 0 Å². The molecule has 2 amide bonds. The Morgan fingerprint density at radius 2 is 1.57 bits per heavy atom. The Bertz CT molecular complexity index is 1340. The average Bonchev–Trinajstić information content (AvgIpc) is 3.22. The summed E-state index contributed by atoms with van der Waals surface area (Å²) in [6.45, 7) is 12.3. The van der Waals surface area contributed by atoms with E-state index in [4.69, 9.17) is 0 Å². The topological polar surface area (TPSA) is 91.6 Å². The number of likely N-dealkylation sites (N-methyl/N-ethyl adjacent to an activating group) is 1. The lowest BCUT2D eigenvalue weighted by atomic mass is 9.81. The summed E-state index contributed by atoms with van der Waals surface area (Å²) in [5, 5.41) is 14.2. The molecule has 1 heterocycles. The van der Waals surface area contributed by atoms with Gasteiger partial charge in [-0.25, -0.2) is 0 Å². The number of phenolic OH excluding ortho intramolecular Hbond substituents is 1. The first-order chi connectivity index (χ1) is 19.1. The van der Waals surface area contributed by atoms with Gasteiger partial charge in [0.1, 0.15) is 11.3 Å². The van der Waals surface area contributed by atoms with Crippen LogP contribution in [-0.4, -0.2) is 45.4 Å². The summed E-state index contributed by atoms with van der Waals surface area (Å²) < 4.78 is 1.62. The maximum atomic E-state index is 14.4.